The van der Waals surface area contributed by atoms with E-state index in [1.54, 1.807) is 53.4 Å². The number of halogens is 1. The zero-order chi connectivity index (χ0) is 21.7. The third-order valence-electron chi connectivity index (χ3n) is 5.05. The van der Waals surface area contributed by atoms with Gasteiger partial charge in [0.2, 0.25) is 5.91 Å². The van der Waals surface area contributed by atoms with E-state index in [1.807, 2.05) is 0 Å². The van der Waals surface area contributed by atoms with Gasteiger partial charge in [0.15, 0.2) is 0 Å². The van der Waals surface area contributed by atoms with Gasteiger partial charge in [-0.2, -0.15) is 0 Å². The summed E-state index contributed by atoms with van der Waals surface area (Å²) in [5.74, 6) is -2.16. The van der Waals surface area contributed by atoms with Gasteiger partial charge in [0.05, 0.1) is 16.9 Å². The summed E-state index contributed by atoms with van der Waals surface area (Å²) in [7, 11) is 0. The van der Waals surface area contributed by atoms with Gasteiger partial charge in [-0.25, -0.2) is 4.79 Å². The van der Waals surface area contributed by atoms with Crippen LogP contribution < -0.4 is 5.32 Å². The van der Waals surface area contributed by atoms with Gasteiger partial charge < -0.3 is 20.4 Å². The fourth-order valence-electron chi connectivity index (χ4n) is 3.40. The average molecular weight is 429 g/mol. The van der Waals surface area contributed by atoms with Crippen molar-refractivity contribution in [3.05, 3.63) is 76.8 Å². The molecule has 0 radical (unpaired) electrons. The molecule has 1 aliphatic rings. The Labute approximate surface area is 178 Å². The van der Waals surface area contributed by atoms with Gasteiger partial charge >= 0.3 is 5.97 Å². The van der Waals surface area contributed by atoms with Crippen LogP contribution in [0.4, 0.5) is 5.69 Å². The summed E-state index contributed by atoms with van der Waals surface area (Å²) in [6.45, 7) is 0.693. The molecule has 0 atom stereocenters. The normalized spacial score (nSPS) is 15.7. The fraction of sp³-hybridized carbons (Fsp3) is 0.227. The Bertz CT molecular complexity index is 979. The molecule has 7 nitrogen and oxygen atoms in total. The summed E-state index contributed by atoms with van der Waals surface area (Å²) in [6.07, 6.45) is 2.35. The molecule has 2 aromatic carbocycles. The lowest BCUT2D eigenvalue weighted by atomic mass is 9.84. The van der Waals surface area contributed by atoms with Crippen molar-refractivity contribution in [3.8, 4) is 0 Å². The lowest BCUT2D eigenvalue weighted by Crippen LogP contribution is -2.45. The number of likely N-dealkylation sites (tertiary alicyclic amines) is 1. The highest BCUT2D eigenvalue weighted by molar-refractivity contribution is 6.30. The van der Waals surface area contributed by atoms with Gasteiger partial charge in [-0.15, -0.1) is 0 Å². The van der Waals surface area contributed by atoms with E-state index in [0.717, 1.165) is 17.7 Å². The van der Waals surface area contributed by atoms with Gasteiger partial charge in [0, 0.05) is 30.3 Å². The lowest BCUT2D eigenvalue weighted by molar-refractivity contribution is -0.131. The molecule has 0 bridgehead atoms. The molecule has 0 aromatic heterocycles. The highest BCUT2D eigenvalue weighted by Crippen LogP contribution is 2.34. The van der Waals surface area contributed by atoms with E-state index in [4.69, 9.17) is 16.7 Å². The van der Waals surface area contributed by atoms with Crippen LogP contribution in [0.15, 0.2) is 60.7 Å². The number of carbonyl (C=O) groups excluding carboxylic acids is 2. The topological polar surface area (TPSA) is 107 Å². The first-order valence-electron chi connectivity index (χ1n) is 9.37. The molecule has 156 valence electrons. The highest BCUT2D eigenvalue weighted by Gasteiger charge is 2.36. The summed E-state index contributed by atoms with van der Waals surface area (Å²) >= 11 is 5.92. The van der Waals surface area contributed by atoms with Crippen molar-refractivity contribution in [1.29, 1.82) is 0 Å². The molecular formula is C22H21ClN2O5. The number of carboxylic acid groups (broad SMARTS) is 1. The number of amides is 2. The molecule has 1 aliphatic heterocycles. The van der Waals surface area contributed by atoms with Crippen LogP contribution in [0.3, 0.4) is 0 Å². The minimum Gasteiger partial charge on any atom is -0.478 e. The van der Waals surface area contributed by atoms with Crippen LogP contribution in [-0.4, -0.2) is 46.0 Å². The largest absolute Gasteiger partial charge is 0.478 e. The maximum Gasteiger partial charge on any atom is 0.328 e. The van der Waals surface area contributed by atoms with E-state index in [-0.39, 0.29) is 5.91 Å². The zero-order valence-corrected chi connectivity index (χ0v) is 16.8. The van der Waals surface area contributed by atoms with Crippen molar-refractivity contribution in [3.63, 3.8) is 0 Å². The number of anilines is 1. The Balaban J connectivity index is 1.70. The minimum atomic E-state index is -1.24. The Hall–Kier alpha value is -3.16. The third kappa shape index (κ3) is 5.06. The Morgan fingerprint density at radius 1 is 1.00 bits per heavy atom. The van der Waals surface area contributed by atoms with Crippen LogP contribution in [0.5, 0.6) is 0 Å². The van der Waals surface area contributed by atoms with Crippen molar-refractivity contribution in [2.45, 2.75) is 18.4 Å². The lowest BCUT2D eigenvalue weighted by Gasteiger charge is -2.38. The summed E-state index contributed by atoms with van der Waals surface area (Å²) in [5, 5.41) is 22.7. The average Bonchev–Trinajstić information content (AvgIpc) is 2.73. The number of rotatable bonds is 5. The van der Waals surface area contributed by atoms with Gasteiger partial charge in [0.25, 0.3) is 5.91 Å². The SMILES string of the molecule is O=C(O)/C=C/C(=O)Nc1ccccc1C(=O)N1CCC(O)(c2ccc(Cl)cc2)CC1. The van der Waals surface area contributed by atoms with Crippen LogP contribution in [0, 0.1) is 0 Å². The second kappa shape index (κ2) is 9.11. The van der Waals surface area contributed by atoms with Crippen molar-refractivity contribution in [2.75, 3.05) is 18.4 Å². The number of carbonyl (C=O) groups is 3. The number of aliphatic hydroxyl groups is 1. The molecule has 3 rings (SSSR count). The van der Waals surface area contributed by atoms with E-state index in [0.29, 0.717) is 42.2 Å². The number of para-hydroxylation sites is 1. The maximum atomic E-state index is 13.0. The van der Waals surface area contributed by atoms with Crippen LogP contribution in [0.25, 0.3) is 0 Å². The summed E-state index contributed by atoms with van der Waals surface area (Å²) in [6, 6.07) is 13.6. The van der Waals surface area contributed by atoms with Gasteiger partial charge in [-0.3, -0.25) is 9.59 Å². The van der Waals surface area contributed by atoms with E-state index in [9.17, 15) is 19.5 Å². The standard InChI is InChI=1S/C22H21ClN2O5/c23-16-7-5-15(6-8-16)22(30)11-13-25(14-12-22)21(29)17-3-1-2-4-18(17)24-19(26)9-10-20(27)28/h1-10,30H,11-14H2,(H,24,26)(H,27,28)/b10-9+. The third-order valence-corrected chi connectivity index (χ3v) is 5.30. The number of hydrogen-bond donors (Lipinski definition) is 3. The number of nitrogens with one attached hydrogen (secondary N) is 1. The van der Waals surface area contributed by atoms with Crippen molar-refractivity contribution in [2.24, 2.45) is 0 Å². The molecule has 0 spiro atoms. The molecule has 0 aliphatic carbocycles. The molecule has 30 heavy (non-hydrogen) atoms. The minimum absolute atomic E-state index is 0.272. The van der Waals surface area contributed by atoms with Crippen molar-refractivity contribution >= 4 is 35.1 Å². The van der Waals surface area contributed by atoms with Gasteiger partial charge in [-0.05, 0) is 42.7 Å². The predicted molar refractivity (Wildman–Crippen MR) is 112 cm³/mol. The van der Waals surface area contributed by atoms with E-state index in [1.165, 1.54) is 0 Å². The Morgan fingerprint density at radius 2 is 1.63 bits per heavy atom. The molecule has 3 N–H and O–H groups in total. The Morgan fingerprint density at radius 3 is 2.27 bits per heavy atom. The second-order valence-electron chi connectivity index (χ2n) is 7.04. The monoisotopic (exact) mass is 428 g/mol. The first kappa shape index (κ1) is 21.5. The van der Waals surface area contributed by atoms with E-state index in [2.05, 4.69) is 5.32 Å². The number of benzene rings is 2. The molecule has 1 fully saturated rings. The van der Waals surface area contributed by atoms with Crippen LogP contribution in [-0.2, 0) is 15.2 Å². The smallest absolute Gasteiger partial charge is 0.328 e. The predicted octanol–water partition coefficient (Wildman–Crippen LogP) is 3.04. The fourth-order valence-corrected chi connectivity index (χ4v) is 3.52. The summed E-state index contributed by atoms with van der Waals surface area (Å²) in [5.41, 5.74) is 0.320. The molecule has 2 aromatic rings. The van der Waals surface area contributed by atoms with E-state index < -0.39 is 17.5 Å². The van der Waals surface area contributed by atoms with Gasteiger partial charge in [0.1, 0.15) is 0 Å². The molecule has 1 saturated heterocycles. The first-order chi connectivity index (χ1) is 14.3. The first-order valence-corrected chi connectivity index (χ1v) is 9.75. The number of piperidine rings is 1. The summed E-state index contributed by atoms with van der Waals surface area (Å²) in [4.78, 5) is 37.1. The molecule has 2 amide bonds. The molecule has 8 heteroatoms. The zero-order valence-electron chi connectivity index (χ0n) is 16.0. The maximum absolute atomic E-state index is 13.0. The molecular weight excluding hydrogens is 408 g/mol. The second-order valence-corrected chi connectivity index (χ2v) is 7.47. The van der Waals surface area contributed by atoms with Crippen molar-refractivity contribution in [1.82, 2.24) is 4.90 Å². The quantitative estimate of drug-likeness (QED) is 0.634. The van der Waals surface area contributed by atoms with Crippen LogP contribution in [0.2, 0.25) is 5.02 Å². The Kier molecular flexibility index (Phi) is 6.54. The summed E-state index contributed by atoms with van der Waals surface area (Å²) < 4.78 is 0. The highest BCUT2D eigenvalue weighted by atomic mass is 35.5. The van der Waals surface area contributed by atoms with E-state index >= 15 is 0 Å². The number of aliphatic carboxylic acids is 1. The molecule has 0 unspecified atom stereocenters. The van der Waals surface area contributed by atoms with Gasteiger partial charge in [-0.1, -0.05) is 35.9 Å². The molecule has 0 saturated carbocycles. The van der Waals surface area contributed by atoms with Crippen LogP contribution >= 0.6 is 11.6 Å². The van der Waals surface area contributed by atoms with Crippen LogP contribution in [0.1, 0.15) is 28.8 Å². The number of carboxylic acids is 1. The number of hydrogen-bond acceptors (Lipinski definition) is 4. The van der Waals surface area contributed by atoms with Crippen molar-refractivity contribution < 1.29 is 24.6 Å². The number of nitrogens with zero attached hydrogens (tertiary/aromatic N) is 1. The molecule has 1 heterocycles.